The molecule has 0 bridgehead atoms. The fraction of sp³-hybridized carbons (Fsp3) is 0.500. The van der Waals surface area contributed by atoms with E-state index in [0.29, 0.717) is 6.42 Å². The van der Waals surface area contributed by atoms with Gasteiger partial charge in [0.05, 0.1) is 0 Å². The van der Waals surface area contributed by atoms with Gasteiger partial charge in [-0.05, 0) is 27.2 Å². The van der Waals surface area contributed by atoms with E-state index in [0.717, 1.165) is 0 Å². The first-order chi connectivity index (χ1) is 9.59. The highest BCUT2D eigenvalue weighted by Gasteiger charge is 2.25. The Morgan fingerprint density at radius 2 is 1.67 bits per heavy atom. The zero-order chi connectivity index (χ0) is 16.4. The Balaban J connectivity index is 2.94. The van der Waals surface area contributed by atoms with Crippen molar-refractivity contribution in [3.8, 4) is 0 Å². The van der Waals surface area contributed by atoms with Gasteiger partial charge in [-0.2, -0.15) is 0 Å². The molecule has 0 saturated heterocycles. The van der Waals surface area contributed by atoms with Gasteiger partial charge in [0.25, 0.3) is 0 Å². The van der Waals surface area contributed by atoms with Crippen LogP contribution in [-0.4, -0.2) is 17.5 Å². The van der Waals surface area contributed by atoms with Crippen LogP contribution in [0.5, 0.6) is 0 Å². The molecule has 1 atom stereocenters. The molecule has 1 unspecified atom stereocenters. The second-order valence-corrected chi connectivity index (χ2v) is 5.44. The third-order valence-electron chi connectivity index (χ3n) is 3.21. The van der Waals surface area contributed by atoms with Crippen molar-refractivity contribution >= 4 is 11.6 Å². The molecule has 0 fully saturated rings. The lowest BCUT2D eigenvalue weighted by molar-refractivity contribution is -0.123. The lowest BCUT2D eigenvalue weighted by Gasteiger charge is -2.27. The Morgan fingerprint density at radius 3 is 2.10 bits per heavy atom. The zero-order valence-electron chi connectivity index (χ0n) is 12.3. The Bertz CT molecular complexity index is 520. The van der Waals surface area contributed by atoms with Gasteiger partial charge in [0.15, 0.2) is 23.3 Å². The first-order valence-electron chi connectivity index (χ1n) is 6.50. The Hall–Kier alpha value is -1.79. The van der Waals surface area contributed by atoms with Gasteiger partial charge in [-0.3, -0.25) is 4.79 Å². The Kier molecular flexibility index (Phi) is 5.20. The molecule has 1 rings (SSSR count). The molecule has 0 aliphatic carbocycles. The van der Waals surface area contributed by atoms with Gasteiger partial charge in [-0.15, -0.1) is 0 Å². The number of nitrogens with one attached hydrogen (secondary N) is 2. The van der Waals surface area contributed by atoms with Crippen LogP contribution in [0.1, 0.15) is 34.1 Å². The van der Waals surface area contributed by atoms with Crippen LogP contribution >= 0.6 is 0 Å². The van der Waals surface area contributed by atoms with Crippen LogP contribution in [0.3, 0.4) is 0 Å². The molecule has 2 N–H and O–H groups in total. The summed E-state index contributed by atoms with van der Waals surface area (Å²) in [6.45, 7) is 6.75. The molecule has 0 saturated carbocycles. The molecule has 0 aromatic heterocycles. The lowest BCUT2D eigenvalue weighted by Crippen LogP contribution is -2.48. The zero-order valence-corrected chi connectivity index (χ0v) is 12.3. The minimum Gasteiger partial charge on any atom is -0.369 e. The minimum absolute atomic E-state index is 0.112. The largest absolute Gasteiger partial charge is 0.369 e. The lowest BCUT2D eigenvalue weighted by atomic mass is 10.0. The number of amides is 1. The van der Waals surface area contributed by atoms with Gasteiger partial charge in [0.2, 0.25) is 5.91 Å². The quantitative estimate of drug-likeness (QED) is 0.647. The van der Waals surface area contributed by atoms with Crippen molar-refractivity contribution in [1.82, 2.24) is 5.32 Å². The molecular weight excluding hydrogens is 288 g/mol. The van der Waals surface area contributed by atoms with E-state index >= 15 is 0 Å². The van der Waals surface area contributed by atoms with Crippen molar-refractivity contribution in [3.05, 3.63) is 29.3 Å². The van der Waals surface area contributed by atoms with Gasteiger partial charge in [0.1, 0.15) is 11.7 Å². The van der Waals surface area contributed by atoms with Crippen molar-refractivity contribution in [2.75, 3.05) is 5.32 Å². The molecule has 21 heavy (non-hydrogen) atoms. The molecule has 0 aliphatic rings. The third kappa shape index (κ3) is 4.09. The molecule has 7 heteroatoms. The van der Waals surface area contributed by atoms with Gasteiger partial charge in [-0.25, -0.2) is 17.6 Å². The monoisotopic (exact) mass is 306 g/mol. The predicted molar refractivity (Wildman–Crippen MR) is 71.9 cm³/mol. The molecule has 1 aromatic rings. The van der Waals surface area contributed by atoms with Gasteiger partial charge < -0.3 is 10.6 Å². The summed E-state index contributed by atoms with van der Waals surface area (Å²) in [5.74, 6) is -6.73. The minimum atomic E-state index is -1.57. The van der Waals surface area contributed by atoms with Crippen molar-refractivity contribution in [1.29, 1.82) is 0 Å². The second kappa shape index (κ2) is 6.32. The van der Waals surface area contributed by atoms with E-state index < -0.39 is 46.4 Å². The van der Waals surface area contributed by atoms with E-state index in [-0.39, 0.29) is 6.07 Å². The van der Waals surface area contributed by atoms with E-state index in [9.17, 15) is 22.4 Å². The van der Waals surface area contributed by atoms with E-state index in [2.05, 4.69) is 10.6 Å². The SMILES string of the molecule is CCC(C)(C)NC(=O)C(C)Nc1c(F)c(F)cc(F)c1F. The van der Waals surface area contributed by atoms with Gasteiger partial charge >= 0.3 is 0 Å². The molecule has 1 aromatic carbocycles. The molecular formula is C14H18F4N2O. The standard InChI is InChI=1S/C14H18F4N2O/c1-5-14(3,4)20-13(21)7(2)19-12-10(17)8(15)6-9(16)11(12)18/h6-7,19H,5H2,1-4H3,(H,20,21). The summed E-state index contributed by atoms with van der Waals surface area (Å²) >= 11 is 0. The molecule has 0 heterocycles. The number of hydrogen-bond donors (Lipinski definition) is 2. The smallest absolute Gasteiger partial charge is 0.242 e. The highest BCUT2D eigenvalue weighted by Crippen LogP contribution is 2.24. The van der Waals surface area contributed by atoms with E-state index in [1.165, 1.54) is 6.92 Å². The second-order valence-electron chi connectivity index (χ2n) is 5.44. The molecule has 0 spiro atoms. The Morgan fingerprint density at radius 1 is 1.19 bits per heavy atom. The van der Waals surface area contributed by atoms with Crippen LogP contribution in [0.15, 0.2) is 6.07 Å². The predicted octanol–water partition coefficient (Wildman–Crippen LogP) is 3.35. The van der Waals surface area contributed by atoms with E-state index in [1.54, 1.807) is 13.8 Å². The Labute approximate surface area is 120 Å². The number of rotatable bonds is 5. The van der Waals surface area contributed by atoms with Gasteiger partial charge in [-0.1, -0.05) is 6.92 Å². The molecule has 0 aliphatic heterocycles. The van der Waals surface area contributed by atoms with Crippen LogP contribution in [-0.2, 0) is 4.79 Å². The van der Waals surface area contributed by atoms with Crippen LogP contribution < -0.4 is 10.6 Å². The van der Waals surface area contributed by atoms with Crippen LogP contribution in [0.2, 0.25) is 0 Å². The molecule has 118 valence electrons. The highest BCUT2D eigenvalue weighted by atomic mass is 19.2. The summed E-state index contributed by atoms with van der Waals surface area (Å²) in [5, 5.41) is 4.82. The number of carbonyl (C=O) groups excluding carboxylic acids is 1. The van der Waals surface area contributed by atoms with E-state index in [1.807, 2.05) is 6.92 Å². The summed E-state index contributed by atoms with van der Waals surface area (Å²) < 4.78 is 53.1. The third-order valence-corrected chi connectivity index (χ3v) is 3.21. The van der Waals surface area contributed by atoms with Crippen LogP contribution in [0.4, 0.5) is 23.2 Å². The maximum absolute atomic E-state index is 13.5. The molecule has 1 amide bonds. The van der Waals surface area contributed by atoms with Crippen LogP contribution in [0.25, 0.3) is 0 Å². The first kappa shape index (κ1) is 17.3. The molecule has 3 nitrogen and oxygen atoms in total. The number of halogens is 4. The summed E-state index contributed by atoms with van der Waals surface area (Å²) in [6, 6.07) is -0.957. The van der Waals surface area contributed by atoms with Crippen LogP contribution in [0, 0.1) is 23.3 Å². The number of benzene rings is 1. The van der Waals surface area contributed by atoms with Gasteiger partial charge in [0, 0.05) is 11.6 Å². The normalized spacial score (nSPS) is 13.0. The number of hydrogen-bond acceptors (Lipinski definition) is 2. The fourth-order valence-corrected chi connectivity index (χ4v) is 1.51. The summed E-state index contributed by atoms with van der Waals surface area (Å²) in [4.78, 5) is 11.9. The van der Waals surface area contributed by atoms with Crippen molar-refractivity contribution < 1.29 is 22.4 Å². The number of carbonyl (C=O) groups is 1. The van der Waals surface area contributed by atoms with Crippen molar-refractivity contribution in [2.45, 2.75) is 45.7 Å². The maximum atomic E-state index is 13.5. The van der Waals surface area contributed by atoms with E-state index in [4.69, 9.17) is 0 Å². The number of anilines is 1. The topological polar surface area (TPSA) is 41.1 Å². The summed E-state index contributed by atoms with van der Waals surface area (Å²) in [7, 11) is 0. The van der Waals surface area contributed by atoms with Crippen molar-refractivity contribution in [3.63, 3.8) is 0 Å². The first-order valence-corrected chi connectivity index (χ1v) is 6.50. The summed E-state index contributed by atoms with van der Waals surface area (Å²) in [6.07, 6.45) is 0.642. The fourth-order valence-electron chi connectivity index (χ4n) is 1.51. The average molecular weight is 306 g/mol. The van der Waals surface area contributed by atoms with Crippen molar-refractivity contribution in [2.24, 2.45) is 0 Å². The highest BCUT2D eigenvalue weighted by molar-refractivity contribution is 5.84. The average Bonchev–Trinajstić information content (AvgIpc) is 2.40. The molecule has 0 radical (unpaired) electrons. The maximum Gasteiger partial charge on any atom is 0.242 e. The summed E-state index contributed by atoms with van der Waals surface area (Å²) in [5.41, 5.74) is -1.50.